The van der Waals surface area contributed by atoms with Crippen LogP contribution in [0.25, 0.3) is 21.5 Å². The fraction of sp³-hybridized carbons (Fsp3) is 0.174. The van der Waals surface area contributed by atoms with Gasteiger partial charge in [-0.15, -0.1) is 0 Å². The molecule has 50 heavy (non-hydrogen) atoms. The number of aromatic hydroxyl groups is 1. The number of benzene rings is 7. The topological polar surface area (TPSA) is 63.9 Å². The average molecular weight is 656 g/mol. The molecular weight excluding hydrogens is 615 g/mol. The van der Waals surface area contributed by atoms with Crippen molar-refractivity contribution in [3.05, 3.63) is 197 Å². The number of phenolic OH excluding ortho intramolecular Hbond substituents is 1. The highest BCUT2D eigenvalue weighted by Crippen LogP contribution is 2.48. The Morgan fingerprint density at radius 3 is 1.66 bits per heavy atom. The van der Waals surface area contributed by atoms with Crippen molar-refractivity contribution >= 4 is 21.5 Å². The van der Waals surface area contributed by atoms with Crippen molar-refractivity contribution in [3.8, 4) is 5.75 Å². The zero-order chi connectivity index (χ0) is 34.3. The highest BCUT2D eigenvalue weighted by Gasteiger charge is 2.46. The summed E-state index contributed by atoms with van der Waals surface area (Å²) in [5, 5.41) is 42.6. The van der Waals surface area contributed by atoms with E-state index in [1.807, 2.05) is 140 Å². The van der Waals surface area contributed by atoms with Crippen molar-refractivity contribution in [2.45, 2.75) is 43.6 Å². The first-order valence-electron chi connectivity index (χ1n) is 17.5. The van der Waals surface area contributed by atoms with E-state index >= 15 is 0 Å². The van der Waals surface area contributed by atoms with Crippen LogP contribution in [0.3, 0.4) is 0 Å². The summed E-state index contributed by atoms with van der Waals surface area (Å²) >= 11 is 0. The van der Waals surface area contributed by atoms with E-state index in [0.717, 1.165) is 57.6 Å². The van der Waals surface area contributed by atoms with Gasteiger partial charge in [-0.25, -0.2) is 0 Å². The van der Waals surface area contributed by atoms with Crippen LogP contribution in [0.15, 0.2) is 158 Å². The third-order valence-electron chi connectivity index (χ3n) is 10.7. The highest BCUT2D eigenvalue weighted by atomic mass is 16.3. The minimum absolute atomic E-state index is 0.0626. The molecule has 0 saturated carbocycles. The quantitative estimate of drug-likeness (QED) is 0.143. The van der Waals surface area contributed by atoms with Gasteiger partial charge in [0.2, 0.25) is 0 Å². The summed E-state index contributed by atoms with van der Waals surface area (Å²) in [6.45, 7) is 3.20. The van der Waals surface area contributed by atoms with E-state index in [0.29, 0.717) is 28.8 Å². The number of rotatable bonds is 8. The standard InChI is InChI=1S/C46H41NO3/c1-32-29-35(31-47-28-14-27-43(47)45(49,36-19-4-2-5-20-36)37-21-6-3-7-22-37)44(48)42(30-32)46(50,40-25-12-17-33-15-8-10-23-38(33)40)41-26-13-18-34-16-9-11-24-39(34)41/h2-13,15-26,29-30,43,48-50H,14,27-28,31H2,1H3/t43-/m0/s1. The SMILES string of the molecule is Cc1cc(CN2CCC[C@H]2C(O)(c2ccccc2)c2ccccc2)c(O)c(C(O)(c2cccc3ccccc23)c2cccc3ccccc23)c1. The predicted octanol–water partition coefficient (Wildman–Crippen LogP) is 9.19. The van der Waals surface area contributed by atoms with Crippen LogP contribution in [0.2, 0.25) is 0 Å². The molecule has 0 aliphatic carbocycles. The van der Waals surface area contributed by atoms with Crippen molar-refractivity contribution < 1.29 is 15.3 Å². The first kappa shape index (κ1) is 32.0. The zero-order valence-corrected chi connectivity index (χ0v) is 28.2. The maximum absolute atomic E-state index is 13.5. The summed E-state index contributed by atoms with van der Waals surface area (Å²) in [6.07, 6.45) is 1.72. The fourth-order valence-corrected chi connectivity index (χ4v) is 8.41. The van der Waals surface area contributed by atoms with Gasteiger partial charge in [-0.1, -0.05) is 157 Å². The van der Waals surface area contributed by atoms with Gasteiger partial charge in [0.25, 0.3) is 0 Å². The minimum Gasteiger partial charge on any atom is -0.507 e. The third-order valence-corrected chi connectivity index (χ3v) is 10.7. The molecule has 0 radical (unpaired) electrons. The summed E-state index contributed by atoms with van der Waals surface area (Å²) < 4.78 is 0. The number of likely N-dealkylation sites (tertiary alicyclic amines) is 1. The van der Waals surface area contributed by atoms with Crippen LogP contribution in [-0.2, 0) is 17.7 Å². The molecule has 1 aliphatic heterocycles. The number of hydrogen-bond acceptors (Lipinski definition) is 4. The Labute approximate surface area is 293 Å². The molecule has 3 N–H and O–H groups in total. The second-order valence-corrected chi connectivity index (χ2v) is 13.7. The van der Waals surface area contributed by atoms with E-state index in [-0.39, 0.29) is 11.8 Å². The molecule has 8 rings (SSSR count). The molecule has 7 aromatic rings. The Hall–Kier alpha value is -5.26. The van der Waals surface area contributed by atoms with Gasteiger partial charge in [0.1, 0.15) is 17.0 Å². The van der Waals surface area contributed by atoms with Gasteiger partial charge in [-0.2, -0.15) is 0 Å². The molecule has 0 spiro atoms. The average Bonchev–Trinajstić information content (AvgIpc) is 3.64. The number of nitrogens with zero attached hydrogens (tertiary/aromatic N) is 1. The van der Waals surface area contributed by atoms with Gasteiger partial charge < -0.3 is 15.3 Å². The summed E-state index contributed by atoms with van der Waals surface area (Å²) in [6, 6.07) is 51.7. The summed E-state index contributed by atoms with van der Waals surface area (Å²) in [4.78, 5) is 2.30. The van der Waals surface area contributed by atoms with Crippen LogP contribution in [0.4, 0.5) is 0 Å². The molecule has 4 nitrogen and oxygen atoms in total. The van der Waals surface area contributed by atoms with Gasteiger partial charge in [-0.3, -0.25) is 4.90 Å². The van der Waals surface area contributed by atoms with Crippen LogP contribution in [-0.4, -0.2) is 32.8 Å². The molecule has 1 aliphatic rings. The van der Waals surface area contributed by atoms with Crippen LogP contribution >= 0.6 is 0 Å². The molecule has 0 unspecified atom stereocenters. The van der Waals surface area contributed by atoms with Crippen LogP contribution < -0.4 is 0 Å². The molecular formula is C46H41NO3. The van der Waals surface area contributed by atoms with E-state index < -0.39 is 11.2 Å². The van der Waals surface area contributed by atoms with Gasteiger partial charge in [0.15, 0.2) is 0 Å². The Morgan fingerprint density at radius 1 is 0.600 bits per heavy atom. The molecule has 1 fully saturated rings. The fourth-order valence-electron chi connectivity index (χ4n) is 8.41. The Kier molecular flexibility index (Phi) is 8.24. The van der Waals surface area contributed by atoms with Crippen molar-refractivity contribution in [3.63, 3.8) is 0 Å². The largest absolute Gasteiger partial charge is 0.507 e. The minimum atomic E-state index is -1.69. The first-order chi connectivity index (χ1) is 24.4. The Morgan fingerprint density at radius 2 is 1.10 bits per heavy atom. The van der Waals surface area contributed by atoms with E-state index in [1.165, 1.54) is 0 Å². The maximum atomic E-state index is 13.5. The van der Waals surface area contributed by atoms with Crippen molar-refractivity contribution in [2.75, 3.05) is 6.54 Å². The lowest BCUT2D eigenvalue weighted by Gasteiger charge is -2.40. The molecule has 0 amide bonds. The Bertz CT molecular complexity index is 2170. The number of hydrogen-bond donors (Lipinski definition) is 3. The van der Waals surface area contributed by atoms with E-state index in [9.17, 15) is 15.3 Å². The van der Waals surface area contributed by atoms with E-state index in [4.69, 9.17) is 0 Å². The predicted molar refractivity (Wildman–Crippen MR) is 202 cm³/mol. The second kappa shape index (κ2) is 12.9. The number of fused-ring (bicyclic) bond motifs is 2. The third kappa shape index (κ3) is 5.28. The summed E-state index contributed by atoms with van der Waals surface area (Å²) in [7, 11) is 0. The zero-order valence-electron chi connectivity index (χ0n) is 28.2. The van der Waals surface area contributed by atoms with Gasteiger partial charge in [0.05, 0.1) is 0 Å². The number of aliphatic hydroxyl groups is 2. The maximum Gasteiger partial charge on any atom is 0.145 e. The van der Waals surface area contributed by atoms with Crippen LogP contribution in [0.1, 0.15) is 51.8 Å². The first-order valence-corrected chi connectivity index (χ1v) is 17.5. The van der Waals surface area contributed by atoms with Gasteiger partial charge >= 0.3 is 0 Å². The van der Waals surface area contributed by atoms with E-state index in [2.05, 4.69) is 29.2 Å². The number of aryl methyl sites for hydroxylation is 1. The number of phenols is 1. The Balaban J connectivity index is 1.30. The highest BCUT2D eigenvalue weighted by molar-refractivity contribution is 5.92. The monoisotopic (exact) mass is 655 g/mol. The normalized spacial score (nSPS) is 15.5. The lowest BCUT2D eigenvalue weighted by Crippen LogP contribution is -2.48. The molecule has 1 saturated heterocycles. The van der Waals surface area contributed by atoms with Gasteiger partial charge in [-0.05, 0) is 65.0 Å². The molecule has 0 aromatic heterocycles. The van der Waals surface area contributed by atoms with Gasteiger partial charge in [0, 0.05) is 34.8 Å². The lowest BCUT2D eigenvalue weighted by atomic mass is 9.75. The molecule has 4 heteroatoms. The smallest absolute Gasteiger partial charge is 0.145 e. The second-order valence-electron chi connectivity index (χ2n) is 13.7. The lowest BCUT2D eigenvalue weighted by molar-refractivity contribution is -0.00678. The summed E-state index contributed by atoms with van der Waals surface area (Å²) in [5.41, 5.74) is 2.26. The van der Waals surface area contributed by atoms with Crippen molar-refractivity contribution in [1.82, 2.24) is 4.90 Å². The van der Waals surface area contributed by atoms with Crippen LogP contribution in [0, 0.1) is 6.92 Å². The van der Waals surface area contributed by atoms with Crippen molar-refractivity contribution in [2.24, 2.45) is 0 Å². The molecule has 1 heterocycles. The molecule has 248 valence electrons. The van der Waals surface area contributed by atoms with Crippen LogP contribution in [0.5, 0.6) is 5.75 Å². The summed E-state index contributed by atoms with van der Waals surface area (Å²) in [5.74, 6) is 0.0626. The molecule has 7 aromatic carbocycles. The van der Waals surface area contributed by atoms with E-state index in [1.54, 1.807) is 0 Å². The molecule has 1 atom stereocenters. The van der Waals surface area contributed by atoms with Crippen molar-refractivity contribution in [1.29, 1.82) is 0 Å². The molecule has 0 bridgehead atoms.